The summed E-state index contributed by atoms with van der Waals surface area (Å²) in [4.78, 5) is 15.7. The van der Waals surface area contributed by atoms with E-state index in [4.69, 9.17) is 14.7 Å². The van der Waals surface area contributed by atoms with Crippen LogP contribution >= 0.6 is 11.8 Å². The molecule has 0 aliphatic carbocycles. The molecule has 0 saturated carbocycles. The molecule has 0 unspecified atom stereocenters. The van der Waals surface area contributed by atoms with Gasteiger partial charge in [-0.25, -0.2) is 0 Å². The molecule has 3 aromatic rings. The molecule has 3 rings (SSSR count). The van der Waals surface area contributed by atoms with E-state index in [1.54, 1.807) is 16.7 Å². The number of nitrogens with two attached hydrogens (primary N) is 1. The molecule has 24 heavy (non-hydrogen) atoms. The Morgan fingerprint density at radius 2 is 2.29 bits per heavy atom. The molecule has 0 aliphatic heterocycles. The third-order valence-electron chi connectivity index (χ3n) is 3.20. The Morgan fingerprint density at radius 1 is 1.46 bits per heavy atom. The van der Waals surface area contributed by atoms with Crippen LogP contribution in [0.3, 0.4) is 0 Å². The van der Waals surface area contributed by atoms with Gasteiger partial charge in [0.2, 0.25) is 17.6 Å². The van der Waals surface area contributed by atoms with Crippen LogP contribution in [0, 0.1) is 0 Å². The number of carbonyl (C=O) groups excluding carboxylic acids is 1. The lowest BCUT2D eigenvalue weighted by Gasteiger charge is -2.08. The fourth-order valence-corrected chi connectivity index (χ4v) is 2.93. The van der Waals surface area contributed by atoms with E-state index in [-0.39, 0.29) is 11.8 Å². The number of primary amides is 1. The zero-order chi connectivity index (χ0) is 17.1. The second-order valence-corrected chi connectivity index (χ2v) is 6.31. The highest BCUT2D eigenvalue weighted by Gasteiger charge is 2.22. The maximum atomic E-state index is 11.4. The summed E-state index contributed by atoms with van der Waals surface area (Å²) in [5, 5.41) is 12.5. The number of hydrogen-bond acceptors (Lipinski definition) is 8. The molecule has 10 heteroatoms. The molecular weight excluding hydrogens is 332 g/mol. The summed E-state index contributed by atoms with van der Waals surface area (Å²) in [6, 6.07) is 3.48. The van der Waals surface area contributed by atoms with E-state index < -0.39 is 5.91 Å². The van der Waals surface area contributed by atoms with E-state index in [0.29, 0.717) is 34.9 Å². The van der Waals surface area contributed by atoms with E-state index in [9.17, 15) is 4.79 Å². The molecule has 9 nitrogen and oxygen atoms in total. The number of furan rings is 1. The molecular formula is C14H16N6O3S. The Balaban J connectivity index is 1.88. The molecule has 3 heterocycles. The molecule has 0 spiro atoms. The number of amides is 1. The Kier molecular flexibility index (Phi) is 4.65. The number of rotatable bonds is 7. The summed E-state index contributed by atoms with van der Waals surface area (Å²) in [5.41, 5.74) is 5.34. The van der Waals surface area contributed by atoms with Crippen molar-refractivity contribution in [1.29, 1.82) is 0 Å². The van der Waals surface area contributed by atoms with E-state index >= 15 is 0 Å². The molecule has 0 aromatic carbocycles. The van der Waals surface area contributed by atoms with Crippen molar-refractivity contribution in [3.05, 3.63) is 30.1 Å². The van der Waals surface area contributed by atoms with Crippen LogP contribution in [0.25, 0.3) is 11.6 Å². The summed E-state index contributed by atoms with van der Waals surface area (Å²) in [6.07, 6.45) is 2.22. The van der Waals surface area contributed by atoms with Gasteiger partial charge < -0.3 is 14.7 Å². The van der Waals surface area contributed by atoms with Gasteiger partial charge in [0.05, 0.1) is 11.5 Å². The highest BCUT2D eigenvalue weighted by molar-refractivity contribution is 7.99. The van der Waals surface area contributed by atoms with Gasteiger partial charge in [0.1, 0.15) is 6.54 Å². The summed E-state index contributed by atoms with van der Waals surface area (Å²) < 4.78 is 12.2. The summed E-state index contributed by atoms with van der Waals surface area (Å²) in [5.74, 6) is 1.59. The van der Waals surface area contributed by atoms with E-state index in [1.807, 2.05) is 13.8 Å². The molecule has 2 N–H and O–H groups in total. The standard InChI is InChI=1S/C14H16N6O3S/c1-3-11-16-13(23-19-11)8(2)24-14-18-17-12(9-5-4-6-22-9)20(14)7-10(15)21/h4-6,8H,3,7H2,1-2H3,(H2,15,21)/t8-/m1/s1. The summed E-state index contributed by atoms with van der Waals surface area (Å²) >= 11 is 1.35. The van der Waals surface area contributed by atoms with Gasteiger partial charge in [-0.05, 0) is 19.1 Å². The van der Waals surface area contributed by atoms with Gasteiger partial charge in [0.15, 0.2) is 16.7 Å². The SMILES string of the molecule is CCc1noc([C@@H](C)Sc2nnc(-c3ccco3)n2CC(N)=O)n1. The Bertz CT molecular complexity index is 826. The Labute approximate surface area is 141 Å². The number of nitrogens with zero attached hydrogens (tertiary/aromatic N) is 5. The van der Waals surface area contributed by atoms with Crippen LogP contribution in [0.2, 0.25) is 0 Å². The zero-order valence-electron chi connectivity index (χ0n) is 13.2. The quantitative estimate of drug-likeness (QED) is 0.641. The number of hydrogen-bond donors (Lipinski definition) is 1. The van der Waals surface area contributed by atoms with Gasteiger partial charge in [0.25, 0.3) is 0 Å². The number of aryl methyl sites for hydroxylation is 1. The minimum atomic E-state index is -0.497. The maximum Gasteiger partial charge on any atom is 0.239 e. The lowest BCUT2D eigenvalue weighted by molar-refractivity contribution is -0.118. The van der Waals surface area contributed by atoms with E-state index in [0.717, 1.165) is 0 Å². The second kappa shape index (κ2) is 6.87. The van der Waals surface area contributed by atoms with Crippen molar-refractivity contribution >= 4 is 17.7 Å². The van der Waals surface area contributed by atoms with E-state index in [2.05, 4.69) is 20.3 Å². The molecule has 0 bridgehead atoms. The first-order valence-corrected chi connectivity index (χ1v) is 8.21. The number of carbonyl (C=O) groups is 1. The van der Waals surface area contributed by atoms with Crippen LogP contribution in [0.5, 0.6) is 0 Å². The van der Waals surface area contributed by atoms with Crippen molar-refractivity contribution in [3.8, 4) is 11.6 Å². The molecule has 126 valence electrons. The molecule has 1 atom stereocenters. The highest BCUT2D eigenvalue weighted by Crippen LogP contribution is 2.34. The van der Waals surface area contributed by atoms with Crippen LogP contribution in [-0.2, 0) is 17.8 Å². The largest absolute Gasteiger partial charge is 0.461 e. The fourth-order valence-electron chi connectivity index (χ4n) is 2.05. The van der Waals surface area contributed by atoms with Gasteiger partial charge in [-0.15, -0.1) is 10.2 Å². The lowest BCUT2D eigenvalue weighted by atomic mass is 10.4. The fraction of sp³-hybridized carbons (Fsp3) is 0.357. The van der Waals surface area contributed by atoms with Crippen molar-refractivity contribution in [2.24, 2.45) is 5.73 Å². The van der Waals surface area contributed by atoms with Crippen LogP contribution < -0.4 is 5.73 Å². The Hall–Kier alpha value is -2.62. The smallest absolute Gasteiger partial charge is 0.239 e. The average molecular weight is 348 g/mol. The number of thioether (sulfide) groups is 1. The van der Waals surface area contributed by atoms with Crippen molar-refractivity contribution < 1.29 is 13.7 Å². The Morgan fingerprint density at radius 3 is 2.92 bits per heavy atom. The third-order valence-corrected chi connectivity index (χ3v) is 4.27. The van der Waals surface area contributed by atoms with Gasteiger partial charge in [-0.2, -0.15) is 4.98 Å². The second-order valence-electron chi connectivity index (χ2n) is 5.00. The monoisotopic (exact) mass is 348 g/mol. The minimum Gasteiger partial charge on any atom is -0.461 e. The molecule has 0 fully saturated rings. The maximum absolute atomic E-state index is 11.4. The van der Waals surface area contributed by atoms with E-state index in [1.165, 1.54) is 18.0 Å². The van der Waals surface area contributed by atoms with Gasteiger partial charge >= 0.3 is 0 Å². The van der Waals surface area contributed by atoms with Crippen molar-refractivity contribution in [3.63, 3.8) is 0 Å². The summed E-state index contributed by atoms with van der Waals surface area (Å²) in [7, 11) is 0. The van der Waals surface area contributed by atoms with Gasteiger partial charge in [-0.1, -0.05) is 23.8 Å². The predicted molar refractivity (Wildman–Crippen MR) is 84.9 cm³/mol. The third kappa shape index (κ3) is 3.32. The van der Waals surface area contributed by atoms with Crippen molar-refractivity contribution in [2.75, 3.05) is 0 Å². The molecule has 0 radical (unpaired) electrons. The van der Waals surface area contributed by atoms with Crippen LogP contribution in [0.1, 0.15) is 30.8 Å². The zero-order valence-corrected chi connectivity index (χ0v) is 14.0. The normalized spacial score (nSPS) is 12.4. The molecule has 3 aromatic heterocycles. The first-order chi connectivity index (χ1) is 11.6. The molecule has 0 saturated heterocycles. The van der Waals surface area contributed by atoms with Crippen LogP contribution in [0.4, 0.5) is 0 Å². The topological polar surface area (TPSA) is 126 Å². The molecule has 0 aliphatic rings. The van der Waals surface area contributed by atoms with Gasteiger partial charge in [-0.3, -0.25) is 9.36 Å². The predicted octanol–water partition coefficient (Wildman–Crippen LogP) is 1.82. The number of aromatic nitrogens is 5. The summed E-state index contributed by atoms with van der Waals surface area (Å²) in [6.45, 7) is 3.81. The minimum absolute atomic E-state index is 0.0534. The van der Waals surface area contributed by atoms with Crippen molar-refractivity contribution in [2.45, 2.75) is 37.2 Å². The average Bonchev–Trinajstić information content (AvgIpc) is 3.27. The van der Waals surface area contributed by atoms with Crippen LogP contribution in [-0.4, -0.2) is 30.8 Å². The van der Waals surface area contributed by atoms with Crippen molar-refractivity contribution in [1.82, 2.24) is 24.9 Å². The lowest BCUT2D eigenvalue weighted by Crippen LogP contribution is -2.20. The van der Waals surface area contributed by atoms with Gasteiger partial charge in [0, 0.05) is 6.42 Å². The first-order valence-electron chi connectivity index (χ1n) is 7.33. The van der Waals surface area contributed by atoms with Crippen LogP contribution in [0.15, 0.2) is 32.5 Å². The highest BCUT2D eigenvalue weighted by atomic mass is 32.2. The first kappa shape index (κ1) is 16.2. The molecule has 1 amide bonds.